The van der Waals surface area contributed by atoms with Crippen LogP contribution in [0.3, 0.4) is 0 Å². The van der Waals surface area contributed by atoms with E-state index >= 15 is 0 Å². The molecule has 0 saturated heterocycles. The zero-order valence-corrected chi connectivity index (χ0v) is 14.3. The van der Waals surface area contributed by atoms with E-state index in [-0.39, 0.29) is 5.75 Å². The molecule has 1 N–H and O–H groups in total. The van der Waals surface area contributed by atoms with Crippen molar-refractivity contribution in [1.82, 2.24) is 15.0 Å². The number of fused-ring (bicyclic) bond motifs is 1. The third kappa shape index (κ3) is 3.32. The molecule has 0 saturated carbocycles. The van der Waals surface area contributed by atoms with Gasteiger partial charge >= 0.3 is 0 Å². The van der Waals surface area contributed by atoms with Crippen molar-refractivity contribution in [3.05, 3.63) is 46.5 Å². The number of aromatic nitrogens is 3. The van der Waals surface area contributed by atoms with Gasteiger partial charge in [0.1, 0.15) is 22.5 Å². The first-order chi connectivity index (χ1) is 10.9. The van der Waals surface area contributed by atoms with Crippen LogP contribution in [0, 0.1) is 12.8 Å². The van der Waals surface area contributed by atoms with Gasteiger partial charge in [0.2, 0.25) is 0 Å². The highest BCUT2D eigenvalue weighted by Gasteiger charge is 2.14. The van der Waals surface area contributed by atoms with Gasteiger partial charge in [-0.1, -0.05) is 31.5 Å². The molecule has 3 aromatic rings. The number of nitrogens with zero attached hydrogens (tertiary/aromatic N) is 3. The van der Waals surface area contributed by atoms with Gasteiger partial charge in [-0.05, 0) is 61.1 Å². The summed E-state index contributed by atoms with van der Waals surface area (Å²) in [6.07, 6.45) is 1.87. The quantitative estimate of drug-likeness (QED) is 0.756. The zero-order valence-electron chi connectivity index (χ0n) is 13.5. The molecular formula is C18H20ClN3O. The molecule has 5 heteroatoms. The Balaban J connectivity index is 2.06. The molecule has 120 valence electrons. The fourth-order valence-corrected chi connectivity index (χ4v) is 2.78. The van der Waals surface area contributed by atoms with Crippen molar-refractivity contribution in [1.29, 1.82) is 0 Å². The number of hydrogen-bond donors (Lipinski definition) is 1. The normalized spacial score (nSPS) is 11.5. The summed E-state index contributed by atoms with van der Waals surface area (Å²) in [7, 11) is 0. The molecule has 0 aliphatic rings. The van der Waals surface area contributed by atoms with Gasteiger partial charge in [-0.25, -0.2) is 0 Å². The number of hydrogen-bond acceptors (Lipinski definition) is 3. The number of rotatable bonds is 4. The predicted molar refractivity (Wildman–Crippen MR) is 93.4 cm³/mol. The molecule has 0 radical (unpaired) electrons. The molecule has 0 spiro atoms. The van der Waals surface area contributed by atoms with Gasteiger partial charge < -0.3 is 5.11 Å². The van der Waals surface area contributed by atoms with Crippen LogP contribution in [-0.2, 0) is 6.42 Å². The van der Waals surface area contributed by atoms with Gasteiger partial charge in [-0.15, -0.1) is 15.0 Å². The van der Waals surface area contributed by atoms with Crippen LogP contribution in [0.4, 0.5) is 0 Å². The van der Waals surface area contributed by atoms with Gasteiger partial charge in [0, 0.05) is 5.02 Å². The topological polar surface area (TPSA) is 50.9 Å². The van der Waals surface area contributed by atoms with Crippen LogP contribution >= 0.6 is 11.6 Å². The minimum atomic E-state index is 0.252. The molecule has 0 bridgehead atoms. The van der Waals surface area contributed by atoms with Crippen LogP contribution in [0.5, 0.6) is 5.75 Å². The molecule has 2 aromatic carbocycles. The molecule has 1 aromatic heterocycles. The van der Waals surface area contributed by atoms with Gasteiger partial charge in [0.15, 0.2) is 0 Å². The van der Waals surface area contributed by atoms with Crippen molar-refractivity contribution >= 4 is 22.6 Å². The maximum Gasteiger partial charge on any atom is 0.146 e. The van der Waals surface area contributed by atoms with E-state index in [1.165, 1.54) is 4.80 Å². The molecular weight excluding hydrogens is 310 g/mol. The van der Waals surface area contributed by atoms with Crippen molar-refractivity contribution in [3.8, 4) is 11.4 Å². The maximum atomic E-state index is 10.6. The molecule has 0 unspecified atom stereocenters. The predicted octanol–water partition coefficient (Wildman–Crippen LogP) is 4.68. The average molecular weight is 330 g/mol. The third-order valence-electron chi connectivity index (χ3n) is 3.86. The molecule has 0 aliphatic heterocycles. The first-order valence-corrected chi connectivity index (χ1v) is 8.17. The Kier molecular flexibility index (Phi) is 4.26. The summed E-state index contributed by atoms with van der Waals surface area (Å²) in [5, 5.41) is 20.1. The number of aromatic hydroxyl groups is 1. The Labute approximate surface area is 140 Å². The number of phenols is 1. The minimum absolute atomic E-state index is 0.252. The first-order valence-electron chi connectivity index (χ1n) is 7.79. The number of benzene rings is 2. The Morgan fingerprint density at radius 3 is 2.61 bits per heavy atom. The zero-order chi connectivity index (χ0) is 16.6. The lowest BCUT2D eigenvalue weighted by Crippen LogP contribution is -2.02. The Bertz CT molecular complexity index is 855. The number of halogens is 1. The Morgan fingerprint density at radius 2 is 1.87 bits per heavy atom. The van der Waals surface area contributed by atoms with Crippen LogP contribution in [0.15, 0.2) is 30.3 Å². The lowest BCUT2D eigenvalue weighted by Gasteiger charge is -2.12. The lowest BCUT2D eigenvalue weighted by molar-refractivity contribution is 0.456. The lowest BCUT2D eigenvalue weighted by atomic mass is 9.99. The second-order valence-corrected chi connectivity index (χ2v) is 6.78. The average Bonchev–Trinajstić information content (AvgIpc) is 2.90. The molecule has 1 heterocycles. The molecule has 0 amide bonds. The van der Waals surface area contributed by atoms with Crippen molar-refractivity contribution in [2.45, 2.75) is 33.6 Å². The summed E-state index contributed by atoms with van der Waals surface area (Å²) in [6, 6.07) is 9.31. The van der Waals surface area contributed by atoms with Gasteiger partial charge in [-0.2, -0.15) is 0 Å². The minimum Gasteiger partial charge on any atom is -0.505 e. The molecule has 3 rings (SSSR count). The van der Waals surface area contributed by atoms with E-state index in [0.717, 1.165) is 29.5 Å². The van der Waals surface area contributed by atoms with E-state index in [1.807, 2.05) is 25.1 Å². The van der Waals surface area contributed by atoms with E-state index in [9.17, 15) is 5.11 Å². The fourth-order valence-electron chi connectivity index (χ4n) is 2.62. The summed E-state index contributed by atoms with van der Waals surface area (Å²) in [5.41, 5.74) is 4.08. The largest absolute Gasteiger partial charge is 0.505 e. The summed E-state index contributed by atoms with van der Waals surface area (Å²) >= 11 is 6.00. The highest BCUT2D eigenvalue weighted by molar-refractivity contribution is 6.31. The van der Waals surface area contributed by atoms with Gasteiger partial charge in [-0.3, -0.25) is 0 Å². The maximum absolute atomic E-state index is 10.6. The van der Waals surface area contributed by atoms with Crippen LogP contribution in [0.2, 0.25) is 5.02 Å². The fraction of sp³-hybridized carbons (Fsp3) is 0.333. The highest BCUT2D eigenvalue weighted by atomic mass is 35.5. The highest BCUT2D eigenvalue weighted by Crippen LogP contribution is 2.29. The molecule has 23 heavy (non-hydrogen) atoms. The van der Waals surface area contributed by atoms with E-state index in [4.69, 9.17) is 11.6 Å². The van der Waals surface area contributed by atoms with Crippen molar-refractivity contribution in [2.24, 2.45) is 5.92 Å². The molecule has 0 aliphatic carbocycles. The van der Waals surface area contributed by atoms with Gasteiger partial charge in [0.05, 0.1) is 0 Å². The standard InChI is InChI=1S/C18H20ClN3O/c1-11(2)4-5-13-8-12(3)9-17(18(13)23)22-20-15-7-6-14(19)10-16(15)21-22/h6-11,23H,4-5H2,1-3H3. The molecule has 4 nitrogen and oxygen atoms in total. The third-order valence-corrected chi connectivity index (χ3v) is 4.10. The number of phenolic OH excluding ortho intramolecular Hbond substituents is 1. The van der Waals surface area contributed by atoms with E-state index in [1.54, 1.807) is 12.1 Å². The Hall–Kier alpha value is -2.07. The SMILES string of the molecule is Cc1cc(CCC(C)C)c(O)c(-n2nc3ccc(Cl)cc3n2)c1. The summed E-state index contributed by atoms with van der Waals surface area (Å²) < 4.78 is 0. The first kappa shape index (κ1) is 15.8. The second-order valence-electron chi connectivity index (χ2n) is 6.35. The smallest absolute Gasteiger partial charge is 0.146 e. The summed E-state index contributed by atoms with van der Waals surface area (Å²) in [6.45, 7) is 6.38. The van der Waals surface area contributed by atoms with E-state index < -0.39 is 0 Å². The van der Waals surface area contributed by atoms with Crippen molar-refractivity contribution in [2.75, 3.05) is 0 Å². The Morgan fingerprint density at radius 1 is 1.13 bits per heavy atom. The van der Waals surface area contributed by atoms with Crippen LogP contribution in [-0.4, -0.2) is 20.1 Å². The van der Waals surface area contributed by atoms with E-state index in [0.29, 0.717) is 22.1 Å². The van der Waals surface area contributed by atoms with Crippen molar-refractivity contribution < 1.29 is 5.11 Å². The summed E-state index contributed by atoms with van der Waals surface area (Å²) in [4.78, 5) is 1.49. The van der Waals surface area contributed by atoms with Crippen LogP contribution in [0.25, 0.3) is 16.7 Å². The summed E-state index contributed by atoms with van der Waals surface area (Å²) in [5.74, 6) is 0.841. The molecule has 0 atom stereocenters. The van der Waals surface area contributed by atoms with Gasteiger partial charge in [0.25, 0.3) is 0 Å². The van der Waals surface area contributed by atoms with Crippen LogP contribution < -0.4 is 0 Å². The van der Waals surface area contributed by atoms with Crippen molar-refractivity contribution in [3.63, 3.8) is 0 Å². The number of aryl methyl sites for hydroxylation is 2. The van der Waals surface area contributed by atoms with Crippen LogP contribution in [0.1, 0.15) is 31.4 Å². The second kappa shape index (κ2) is 6.20. The monoisotopic (exact) mass is 329 g/mol. The molecule has 0 fully saturated rings. The van der Waals surface area contributed by atoms with E-state index in [2.05, 4.69) is 24.0 Å².